The van der Waals surface area contributed by atoms with Gasteiger partial charge in [-0.05, 0) is 24.7 Å². The molecule has 1 aliphatic carbocycles. The lowest BCUT2D eigenvalue weighted by molar-refractivity contribution is -0.131. The van der Waals surface area contributed by atoms with Gasteiger partial charge in [0.15, 0.2) is 5.71 Å². The van der Waals surface area contributed by atoms with Crippen molar-refractivity contribution in [1.29, 1.82) is 0 Å². The number of carbonyl (C=O) groups excluding carboxylic acids is 1. The van der Waals surface area contributed by atoms with Crippen LogP contribution in [0.1, 0.15) is 39.0 Å². The van der Waals surface area contributed by atoms with Gasteiger partial charge in [-0.1, -0.05) is 24.9 Å². The summed E-state index contributed by atoms with van der Waals surface area (Å²) in [5.74, 6) is -0.0757. The molecule has 0 aromatic rings. The van der Waals surface area contributed by atoms with E-state index in [1.54, 1.807) is 0 Å². The number of amides is 1. The van der Waals surface area contributed by atoms with E-state index in [-0.39, 0.29) is 18.0 Å². The maximum absolute atomic E-state index is 11.8. The summed E-state index contributed by atoms with van der Waals surface area (Å²) in [4.78, 5) is 27.3. The molecule has 0 spiro atoms. The zero-order chi connectivity index (χ0) is 13.8. The fourth-order valence-corrected chi connectivity index (χ4v) is 2.54. The van der Waals surface area contributed by atoms with Crippen LogP contribution in [0.25, 0.3) is 0 Å². The van der Waals surface area contributed by atoms with Crippen LogP contribution in [-0.4, -0.2) is 35.3 Å². The fraction of sp³-hybridized carbons (Fsp3) is 0.769. The third-order valence-corrected chi connectivity index (χ3v) is 3.91. The van der Waals surface area contributed by atoms with Crippen LogP contribution in [-0.2, 0) is 14.4 Å². The van der Waals surface area contributed by atoms with Crippen molar-refractivity contribution in [2.45, 2.75) is 45.1 Å². The summed E-state index contributed by atoms with van der Waals surface area (Å²) in [7, 11) is 0. The fourth-order valence-electron chi connectivity index (χ4n) is 2.54. The van der Waals surface area contributed by atoms with Gasteiger partial charge >= 0.3 is 5.97 Å². The number of hydrogen-bond acceptors (Lipinski definition) is 4. The minimum atomic E-state index is -1.13. The van der Waals surface area contributed by atoms with Crippen LogP contribution in [0.2, 0.25) is 0 Å². The van der Waals surface area contributed by atoms with Gasteiger partial charge in [-0.25, -0.2) is 4.79 Å². The lowest BCUT2D eigenvalue weighted by Gasteiger charge is -2.26. The molecule has 19 heavy (non-hydrogen) atoms. The molecule has 0 aromatic heterocycles. The highest BCUT2D eigenvalue weighted by Crippen LogP contribution is 2.27. The van der Waals surface area contributed by atoms with Crippen molar-refractivity contribution in [2.75, 3.05) is 6.54 Å². The molecule has 1 unspecified atom stereocenters. The smallest absolute Gasteiger partial charge is 0.353 e. The summed E-state index contributed by atoms with van der Waals surface area (Å²) in [6.45, 7) is 2.90. The van der Waals surface area contributed by atoms with E-state index in [4.69, 9.17) is 9.94 Å². The lowest BCUT2D eigenvalue weighted by atomic mass is 9.83. The van der Waals surface area contributed by atoms with Crippen molar-refractivity contribution in [3.63, 3.8) is 0 Å². The van der Waals surface area contributed by atoms with Crippen molar-refractivity contribution >= 4 is 17.6 Å². The van der Waals surface area contributed by atoms with Gasteiger partial charge in [-0.15, -0.1) is 0 Å². The third-order valence-electron chi connectivity index (χ3n) is 3.91. The Morgan fingerprint density at radius 2 is 2.05 bits per heavy atom. The average Bonchev–Trinajstić information content (AvgIpc) is 2.87. The van der Waals surface area contributed by atoms with E-state index in [1.807, 2.05) is 0 Å². The first-order valence-electron chi connectivity index (χ1n) is 6.80. The normalized spacial score (nSPS) is 30.4. The number of hydrogen-bond donors (Lipinski definition) is 2. The van der Waals surface area contributed by atoms with Crippen LogP contribution >= 0.6 is 0 Å². The van der Waals surface area contributed by atoms with Gasteiger partial charge in [-0.2, -0.15) is 0 Å². The number of carboxylic acids is 1. The quantitative estimate of drug-likeness (QED) is 0.800. The molecule has 1 aliphatic heterocycles. The number of carbonyl (C=O) groups is 2. The van der Waals surface area contributed by atoms with E-state index in [0.29, 0.717) is 12.5 Å². The molecule has 1 atom stereocenters. The van der Waals surface area contributed by atoms with Crippen molar-refractivity contribution < 1.29 is 19.5 Å². The highest BCUT2D eigenvalue weighted by Gasteiger charge is 2.31. The van der Waals surface area contributed by atoms with Crippen LogP contribution in [0.15, 0.2) is 5.16 Å². The highest BCUT2D eigenvalue weighted by molar-refractivity contribution is 6.36. The molecule has 106 valence electrons. The van der Waals surface area contributed by atoms with Gasteiger partial charge in [0.2, 0.25) is 6.10 Å². The molecule has 2 N–H and O–H groups in total. The maximum Gasteiger partial charge on any atom is 0.353 e. The van der Waals surface area contributed by atoms with Crippen LogP contribution in [0.3, 0.4) is 0 Å². The largest absolute Gasteiger partial charge is 0.477 e. The minimum Gasteiger partial charge on any atom is -0.477 e. The summed E-state index contributed by atoms with van der Waals surface area (Å²) in [6, 6.07) is 0. The predicted octanol–water partition coefficient (Wildman–Crippen LogP) is 1.16. The SMILES string of the molecule is CC1CCC(CNC(=O)C2CC(C(=O)O)=NO2)CC1. The maximum atomic E-state index is 11.8. The van der Waals surface area contributed by atoms with E-state index < -0.39 is 12.1 Å². The molecule has 1 fully saturated rings. The van der Waals surface area contributed by atoms with Crippen molar-refractivity contribution in [1.82, 2.24) is 5.32 Å². The Morgan fingerprint density at radius 3 is 2.63 bits per heavy atom. The minimum absolute atomic E-state index is 0.0445. The van der Waals surface area contributed by atoms with Gasteiger partial charge in [0.25, 0.3) is 5.91 Å². The number of nitrogens with one attached hydrogen (secondary N) is 1. The third kappa shape index (κ3) is 3.68. The number of nitrogens with zero attached hydrogens (tertiary/aromatic N) is 1. The van der Waals surface area contributed by atoms with Crippen molar-refractivity contribution in [2.24, 2.45) is 17.0 Å². The van der Waals surface area contributed by atoms with Crippen molar-refractivity contribution in [3.8, 4) is 0 Å². The first-order chi connectivity index (χ1) is 9.06. The van der Waals surface area contributed by atoms with E-state index in [2.05, 4.69) is 17.4 Å². The Bertz CT molecular complexity index is 386. The average molecular weight is 268 g/mol. The Labute approximate surface area is 112 Å². The molecule has 1 amide bonds. The van der Waals surface area contributed by atoms with Crippen LogP contribution in [0.4, 0.5) is 0 Å². The molecule has 0 saturated heterocycles. The van der Waals surface area contributed by atoms with Gasteiger partial charge in [0, 0.05) is 13.0 Å². The molecule has 0 aromatic carbocycles. The van der Waals surface area contributed by atoms with E-state index >= 15 is 0 Å². The number of aliphatic carboxylic acids is 1. The second-order valence-corrected chi connectivity index (χ2v) is 5.51. The Kier molecular flexibility index (Phi) is 4.39. The summed E-state index contributed by atoms with van der Waals surface area (Å²) in [5.41, 5.74) is -0.0911. The first kappa shape index (κ1) is 13.8. The number of carboxylic acid groups (broad SMARTS) is 1. The second kappa shape index (κ2) is 6.04. The molecule has 6 nitrogen and oxygen atoms in total. The lowest BCUT2D eigenvalue weighted by Crippen LogP contribution is -2.38. The molecular formula is C13H20N2O4. The van der Waals surface area contributed by atoms with Gasteiger partial charge in [0.1, 0.15) is 0 Å². The second-order valence-electron chi connectivity index (χ2n) is 5.51. The zero-order valence-corrected chi connectivity index (χ0v) is 11.1. The summed E-state index contributed by atoms with van der Waals surface area (Å²) < 4.78 is 0. The topological polar surface area (TPSA) is 88.0 Å². The Hall–Kier alpha value is -1.59. The molecule has 1 saturated carbocycles. The molecule has 2 rings (SSSR count). The van der Waals surface area contributed by atoms with Crippen LogP contribution < -0.4 is 5.32 Å². The van der Waals surface area contributed by atoms with Crippen LogP contribution in [0.5, 0.6) is 0 Å². The van der Waals surface area contributed by atoms with Gasteiger partial charge < -0.3 is 15.3 Å². The molecule has 0 radical (unpaired) electrons. The van der Waals surface area contributed by atoms with Gasteiger partial charge in [0.05, 0.1) is 0 Å². The van der Waals surface area contributed by atoms with Gasteiger partial charge in [-0.3, -0.25) is 4.79 Å². The highest BCUT2D eigenvalue weighted by atomic mass is 16.6. The molecule has 0 bridgehead atoms. The summed E-state index contributed by atoms with van der Waals surface area (Å²) in [5, 5.41) is 15.0. The van der Waals surface area contributed by atoms with Crippen LogP contribution in [0, 0.1) is 11.8 Å². The molecular weight excluding hydrogens is 248 g/mol. The Morgan fingerprint density at radius 1 is 1.37 bits per heavy atom. The standard InChI is InChI=1S/C13H20N2O4/c1-8-2-4-9(5-3-8)7-14-12(16)11-6-10(13(17)18)15-19-11/h8-9,11H,2-7H2,1H3,(H,14,16)(H,17,18). The Balaban J connectivity index is 1.70. The predicted molar refractivity (Wildman–Crippen MR) is 68.7 cm³/mol. The molecule has 1 heterocycles. The van der Waals surface area contributed by atoms with E-state index in [0.717, 1.165) is 18.8 Å². The van der Waals surface area contributed by atoms with E-state index in [1.165, 1.54) is 12.8 Å². The monoisotopic (exact) mass is 268 g/mol. The molecule has 2 aliphatic rings. The summed E-state index contributed by atoms with van der Waals surface area (Å²) >= 11 is 0. The number of rotatable bonds is 4. The summed E-state index contributed by atoms with van der Waals surface area (Å²) in [6.07, 6.45) is 3.98. The number of oxime groups is 1. The van der Waals surface area contributed by atoms with Crippen molar-refractivity contribution in [3.05, 3.63) is 0 Å². The molecule has 6 heteroatoms. The first-order valence-corrected chi connectivity index (χ1v) is 6.80. The van der Waals surface area contributed by atoms with E-state index in [9.17, 15) is 9.59 Å². The zero-order valence-electron chi connectivity index (χ0n) is 11.1.